The second-order valence-corrected chi connectivity index (χ2v) is 7.85. The first-order chi connectivity index (χ1) is 13.0. The number of halogens is 3. The van der Waals surface area contributed by atoms with Crippen molar-refractivity contribution in [1.29, 1.82) is 0 Å². The Kier molecular flexibility index (Phi) is 6.80. The number of hydrogen-bond donors (Lipinski definition) is 1. The van der Waals surface area contributed by atoms with E-state index in [4.69, 9.17) is 4.74 Å². The average Bonchev–Trinajstić information content (AvgIpc) is 2.60. The molecule has 0 aliphatic carbocycles. The molecular formula is C19H28F3N3O3. The van der Waals surface area contributed by atoms with Gasteiger partial charge in [-0.1, -0.05) is 0 Å². The topological polar surface area (TPSA) is 65.9 Å². The summed E-state index contributed by atoms with van der Waals surface area (Å²) in [4.78, 5) is 19.7. The summed E-state index contributed by atoms with van der Waals surface area (Å²) in [6.45, 7) is 8.30. The largest absolute Gasteiger partial charge is 0.444 e. The predicted octanol–water partition coefficient (Wildman–Crippen LogP) is 3.82. The van der Waals surface area contributed by atoms with Gasteiger partial charge in [0.2, 0.25) is 0 Å². The third-order valence-electron chi connectivity index (χ3n) is 4.61. The summed E-state index contributed by atoms with van der Waals surface area (Å²) in [5, 5.41) is 9.57. The number of carbonyl (C=O) groups is 1. The molecule has 1 aliphatic rings. The molecule has 0 bridgehead atoms. The minimum atomic E-state index is -4.51. The molecule has 2 rings (SSSR count). The summed E-state index contributed by atoms with van der Waals surface area (Å²) in [5.41, 5.74) is -1.30. The lowest BCUT2D eigenvalue weighted by atomic mass is 10.0. The van der Waals surface area contributed by atoms with Crippen molar-refractivity contribution in [3.8, 4) is 0 Å². The molecule has 0 spiro atoms. The van der Waals surface area contributed by atoms with Crippen molar-refractivity contribution in [3.63, 3.8) is 0 Å². The lowest BCUT2D eigenvalue weighted by Crippen LogP contribution is -2.48. The van der Waals surface area contributed by atoms with Crippen molar-refractivity contribution in [2.24, 2.45) is 0 Å². The number of piperidine rings is 1. The normalized spacial score (nSPS) is 16.2. The number of amides is 1. The molecule has 1 N–H and O–H groups in total. The van der Waals surface area contributed by atoms with Gasteiger partial charge in [0.05, 0.1) is 12.2 Å². The number of pyridine rings is 1. The maximum absolute atomic E-state index is 12.9. The van der Waals surface area contributed by atoms with Crippen LogP contribution in [0.5, 0.6) is 0 Å². The number of aromatic nitrogens is 1. The maximum atomic E-state index is 12.9. The molecule has 1 aromatic rings. The van der Waals surface area contributed by atoms with Gasteiger partial charge < -0.3 is 19.6 Å². The van der Waals surface area contributed by atoms with Crippen LogP contribution < -0.4 is 4.90 Å². The highest BCUT2D eigenvalue weighted by atomic mass is 19.4. The van der Waals surface area contributed by atoms with Crippen molar-refractivity contribution in [2.75, 3.05) is 24.5 Å². The van der Waals surface area contributed by atoms with Gasteiger partial charge in [-0.3, -0.25) is 0 Å². The number of aliphatic hydroxyl groups excluding tert-OH is 1. The summed E-state index contributed by atoms with van der Waals surface area (Å²) in [6, 6.07) is 0.958. The fourth-order valence-electron chi connectivity index (χ4n) is 3.30. The smallest absolute Gasteiger partial charge is 0.417 e. The zero-order chi connectivity index (χ0) is 21.1. The summed E-state index contributed by atoms with van der Waals surface area (Å²) < 4.78 is 44.2. The first-order valence-electron chi connectivity index (χ1n) is 9.37. The van der Waals surface area contributed by atoms with Crippen molar-refractivity contribution in [3.05, 3.63) is 23.4 Å². The van der Waals surface area contributed by atoms with E-state index in [9.17, 15) is 23.1 Å². The Morgan fingerprint density at radius 1 is 1.32 bits per heavy atom. The molecule has 0 radical (unpaired) electrons. The molecule has 2 heterocycles. The summed E-state index contributed by atoms with van der Waals surface area (Å²) >= 11 is 0. The Morgan fingerprint density at radius 3 is 2.39 bits per heavy atom. The van der Waals surface area contributed by atoms with Crippen LogP contribution in [-0.4, -0.2) is 52.4 Å². The number of hydrogen-bond acceptors (Lipinski definition) is 5. The molecule has 9 heteroatoms. The van der Waals surface area contributed by atoms with Crippen LogP contribution in [0, 0.1) is 0 Å². The van der Waals surface area contributed by atoms with Crippen molar-refractivity contribution in [2.45, 2.75) is 65.0 Å². The Bertz CT molecular complexity index is 681. The fraction of sp³-hybridized carbons (Fsp3) is 0.684. The number of likely N-dealkylation sites (tertiary alicyclic amines) is 1. The SMILES string of the molecule is CCN(c1ncc(C(F)(F)F)cc1CO)C1CCN(C(=O)OC(C)(C)C)CC1. The monoisotopic (exact) mass is 403 g/mol. The molecule has 158 valence electrons. The van der Waals surface area contributed by atoms with Crippen molar-refractivity contribution < 1.29 is 27.8 Å². The standard InChI is InChI=1S/C19H28F3N3O3/c1-5-25(16-13(12-26)10-14(11-23-16)19(20,21)22)15-6-8-24(9-7-15)17(27)28-18(2,3)4/h10-11,15,26H,5-9,12H2,1-4H3. The van der Waals surface area contributed by atoms with Crippen LogP contribution in [0.4, 0.5) is 23.8 Å². The van der Waals surface area contributed by atoms with Gasteiger partial charge in [0.25, 0.3) is 0 Å². The van der Waals surface area contributed by atoms with E-state index in [0.29, 0.717) is 38.3 Å². The van der Waals surface area contributed by atoms with E-state index in [1.807, 2.05) is 32.6 Å². The first-order valence-corrected chi connectivity index (χ1v) is 9.37. The molecule has 1 fully saturated rings. The van der Waals surface area contributed by atoms with E-state index in [0.717, 1.165) is 12.3 Å². The van der Waals surface area contributed by atoms with E-state index >= 15 is 0 Å². The summed E-state index contributed by atoms with van der Waals surface area (Å²) in [7, 11) is 0. The number of alkyl halides is 3. The molecule has 1 aromatic heterocycles. The number of nitrogens with zero attached hydrogens (tertiary/aromatic N) is 3. The van der Waals surface area contributed by atoms with E-state index < -0.39 is 23.9 Å². The number of ether oxygens (including phenoxy) is 1. The third kappa shape index (κ3) is 5.50. The Balaban J connectivity index is 2.12. The molecule has 1 aliphatic heterocycles. The van der Waals surface area contributed by atoms with Crippen LogP contribution in [0.1, 0.15) is 51.7 Å². The molecule has 6 nitrogen and oxygen atoms in total. The van der Waals surface area contributed by atoms with Gasteiger partial charge in [-0.2, -0.15) is 13.2 Å². The highest BCUT2D eigenvalue weighted by Crippen LogP contribution is 2.33. The van der Waals surface area contributed by atoms with E-state index in [-0.39, 0.29) is 17.7 Å². The Morgan fingerprint density at radius 2 is 1.93 bits per heavy atom. The highest BCUT2D eigenvalue weighted by molar-refractivity contribution is 5.68. The highest BCUT2D eigenvalue weighted by Gasteiger charge is 2.34. The van der Waals surface area contributed by atoms with Gasteiger partial charge in [0, 0.05) is 37.4 Å². The molecule has 0 unspecified atom stereocenters. The third-order valence-corrected chi connectivity index (χ3v) is 4.61. The van der Waals surface area contributed by atoms with Crippen molar-refractivity contribution >= 4 is 11.9 Å². The molecule has 28 heavy (non-hydrogen) atoms. The molecule has 0 atom stereocenters. The van der Waals surface area contributed by atoms with Crippen LogP contribution in [0.25, 0.3) is 0 Å². The summed E-state index contributed by atoms with van der Waals surface area (Å²) in [5.74, 6) is 0.355. The van der Waals surface area contributed by atoms with E-state index in [1.54, 1.807) is 4.90 Å². The quantitative estimate of drug-likeness (QED) is 0.828. The minimum absolute atomic E-state index is 0.0122. The Labute approximate surface area is 163 Å². The van der Waals surface area contributed by atoms with Gasteiger partial charge in [0.1, 0.15) is 11.4 Å². The van der Waals surface area contributed by atoms with E-state index in [2.05, 4.69) is 4.98 Å². The molecular weight excluding hydrogens is 375 g/mol. The van der Waals surface area contributed by atoms with Crippen LogP contribution in [0.2, 0.25) is 0 Å². The minimum Gasteiger partial charge on any atom is -0.444 e. The van der Waals surface area contributed by atoms with Gasteiger partial charge in [-0.25, -0.2) is 9.78 Å². The predicted molar refractivity (Wildman–Crippen MR) is 99.0 cm³/mol. The lowest BCUT2D eigenvalue weighted by Gasteiger charge is -2.39. The Hall–Kier alpha value is -2.03. The summed E-state index contributed by atoms with van der Waals surface area (Å²) in [6.07, 6.45) is -2.79. The molecule has 1 saturated heterocycles. The lowest BCUT2D eigenvalue weighted by molar-refractivity contribution is -0.137. The number of rotatable bonds is 4. The van der Waals surface area contributed by atoms with Crippen LogP contribution in [0.15, 0.2) is 12.3 Å². The number of carbonyl (C=O) groups excluding carboxylic acids is 1. The molecule has 0 aromatic carbocycles. The fourth-order valence-corrected chi connectivity index (χ4v) is 3.30. The van der Waals surface area contributed by atoms with Crippen molar-refractivity contribution in [1.82, 2.24) is 9.88 Å². The van der Waals surface area contributed by atoms with Gasteiger partial charge in [0.15, 0.2) is 0 Å². The van der Waals surface area contributed by atoms with E-state index in [1.165, 1.54) is 0 Å². The van der Waals surface area contributed by atoms with Gasteiger partial charge in [-0.15, -0.1) is 0 Å². The van der Waals surface area contributed by atoms with Crippen LogP contribution in [-0.2, 0) is 17.5 Å². The van der Waals surface area contributed by atoms with Crippen LogP contribution in [0.3, 0.4) is 0 Å². The zero-order valence-electron chi connectivity index (χ0n) is 16.7. The molecule has 0 saturated carbocycles. The van der Waals surface area contributed by atoms with Gasteiger partial charge >= 0.3 is 12.3 Å². The maximum Gasteiger partial charge on any atom is 0.417 e. The van der Waals surface area contributed by atoms with Gasteiger partial charge in [-0.05, 0) is 46.6 Å². The first kappa shape index (κ1) is 22.3. The average molecular weight is 403 g/mol. The number of aliphatic hydroxyl groups is 1. The number of anilines is 1. The van der Waals surface area contributed by atoms with Crippen LogP contribution >= 0.6 is 0 Å². The second kappa shape index (κ2) is 8.55. The molecule has 1 amide bonds. The second-order valence-electron chi connectivity index (χ2n) is 7.85. The zero-order valence-corrected chi connectivity index (χ0v) is 16.7.